The molecule has 0 aromatic carbocycles. The Balaban J connectivity index is 1.42. The molecule has 0 bridgehead atoms. The number of carbonyl (C=O) groups excluding carboxylic acids is 1. The van der Waals surface area contributed by atoms with Gasteiger partial charge in [-0.1, -0.05) is 6.42 Å². The van der Waals surface area contributed by atoms with E-state index in [2.05, 4.69) is 20.6 Å². The summed E-state index contributed by atoms with van der Waals surface area (Å²) < 4.78 is 5.06. The highest BCUT2D eigenvalue weighted by Gasteiger charge is 2.24. The third-order valence-corrected chi connectivity index (χ3v) is 5.07. The van der Waals surface area contributed by atoms with Gasteiger partial charge in [0.1, 0.15) is 24.0 Å². The van der Waals surface area contributed by atoms with E-state index in [-0.39, 0.29) is 24.2 Å². The highest BCUT2D eigenvalue weighted by Crippen LogP contribution is 2.14. The van der Waals surface area contributed by atoms with E-state index in [4.69, 9.17) is 0 Å². The molecular formula is C16H23N7O2. The van der Waals surface area contributed by atoms with Crippen molar-refractivity contribution in [3.05, 3.63) is 28.0 Å². The molecule has 0 saturated carbocycles. The van der Waals surface area contributed by atoms with Gasteiger partial charge in [0.25, 0.3) is 0 Å². The van der Waals surface area contributed by atoms with Crippen molar-refractivity contribution in [2.24, 2.45) is 0 Å². The molecule has 9 heteroatoms. The molecule has 134 valence electrons. The summed E-state index contributed by atoms with van der Waals surface area (Å²) in [6.07, 6.45) is 5.60. The molecule has 1 unspecified atom stereocenters. The van der Waals surface area contributed by atoms with Crippen LogP contribution in [0.4, 0.5) is 0 Å². The Morgan fingerprint density at radius 1 is 1.16 bits per heavy atom. The summed E-state index contributed by atoms with van der Waals surface area (Å²) in [5, 5.41) is 15.6. The van der Waals surface area contributed by atoms with Gasteiger partial charge in [0.15, 0.2) is 0 Å². The molecule has 1 amide bonds. The van der Waals surface area contributed by atoms with E-state index < -0.39 is 0 Å². The topological polar surface area (TPSA) is 99.6 Å². The van der Waals surface area contributed by atoms with Crippen LogP contribution in [-0.2, 0) is 37.3 Å². The van der Waals surface area contributed by atoms with E-state index in [1.807, 2.05) is 11.5 Å². The zero-order valence-corrected chi connectivity index (χ0v) is 14.4. The molecule has 0 spiro atoms. The molecule has 25 heavy (non-hydrogen) atoms. The monoisotopic (exact) mass is 345 g/mol. The molecule has 2 aliphatic rings. The number of hydrogen-bond donors (Lipinski definition) is 1. The second-order valence-electron chi connectivity index (χ2n) is 6.90. The number of hydrogen-bond acceptors (Lipinski definition) is 5. The second kappa shape index (κ2) is 6.45. The quantitative estimate of drug-likeness (QED) is 0.831. The Kier molecular flexibility index (Phi) is 4.14. The number of fused-ring (bicyclic) bond motifs is 2. The minimum Gasteiger partial charge on any atom is -0.350 e. The molecule has 1 atom stereocenters. The van der Waals surface area contributed by atoms with Crippen LogP contribution in [0.5, 0.6) is 0 Å². The van der Waals surface area contributed by atoms with E-state index in [9.17, 15) is 9.59 Å². The Morgan fingerprint density at radius 3 is 2.92 bits per heavy atom. The van der Waals surface area contributed by atoms with E-state index in [0.717, 1.165) is 56.0 Å². The normalized spacial score (nSPS) is 19.8. The van der Waals surface area contributed by atoms with Gasteiger partial charge in [-0.2, -0.15) is 5.10 Å². The van der Waals surface area contributed by atoms with Gasteiger partial charge >= 0.3 is 5.69 Å². The van der Waals surface area contributed by atoms with Gasteiger partial charge in [-0.15, -0.1) is 10.2 Å². The maximum absolute atomic E-state index is 12.4. The zero-order valence-electron chi connectivity index (χ0n) is 14.4. The molecule has 2 aromatic rings. The summed E-state index contributed by atoms with van der Waals surface area (Å²) in [5.74, 6) is 2.47. The van der Waals surface area contributed by atoms with Crippen molar-refractivity contribution in [1.29, 1.82) is 0 Å². The summed E-state index contributed by atoms with van der Waals surface area (Å²) in [5.41, 5.74) is -0.173. The van der Waals surface area contributed by atoms with Crippen molar-refractivity contribution in [2.75, 3.05) is 0 Å². The van der Waals surface area contributed by atoms with Crippen molar-refractivity contribution in [1.82, 2.24) is 34.4 Å². The largest absolute Gasteiger partial charge is 0.350 e. The molecule has 1 N–H and O–H groups in total. The molecule has 0 radical (unpaired) electrons. The first-order chi connectivity index (χ1) is 12.1. The van der Waals surface area contributed by atoms with Crippen LogP contribution in [0.2, 0.25) is 0 Å². The van der Waals surface area contributed by atoms with Crippen molar-refractivity contribution < 1.29 is 4.79 Å². The highest BCUT2D eigenvalue weighted by atomic mass is 16.2. The number of amides is 1. The van der Waals surface area contributed by atoms with Crippen LogP contribution in [0.25, 0.3) is 0 Å². The van der Waals surface area contributed by atoms with E-state index in [0.29, 0.717) is 13.1 Å². The first-order valence-electron chi connectivity index (χ1n) is 8.96. The van der Waals surface area contributed by atoms with Gasteiger partial charge in [0.2, 0.25) is 5.91 Å². The third kappa shape index (κ3) is 3.10. The fraction of sp³-hybridized carbons (Fsp3) is 0.688. The lowest BCUT2D eigenvalue weighted by molar-refractivity contribution is -0.122. The number of rotatable bonds is 3. The molecule has 9 nitrogen and oxygen atoms in total. The van der Waals surface area contributed by atoms with Gasteiger partial charge in [0.05, 0.1) is 0 Å². The SMILES string of the molecule is Cc1nnc2n1CC(NC(=O)Cn1nc3n(c1=O)CCCCC3)CC2. The van der Waals surface area contributed by atoms with Crippen LogP contribution in [0.3, 0.4) is 0 Å². The van der Waals surface area contributed by atoms with Crippen LogP contribution >= 0.6 is 0 Å². The average molecular weight is 345 g/mol. The summed E-state index contributed by atoms with van der Waals surface area (Å²) >= 11 is 0. The predicted molar refractivity (Wildman–Crippen MR) is 89.1 cm³/mol. The van der Waals surface area contributed by atoms with Gasteiger partial charge in [-0.05, 0) is 26.2 Å². The Bertz CT molecular complexity index is 847. The van der Waals surface area contributed by atoms with Gasteiger partial charge in [-0.3, -0.25) is 9.36 Å². The van der Waals surface area contributed by atoms with Crippen LogP contribution < -0.4 is 11.0 Å². The Labute approximate surface area is 145 Å². The molecule has 2 aliphatic heterocycles. The maximum atomic E-state index is 12.4. The molecule has 0 saturated heterocycles. The van der Waals surface area contributed by atoms with Crippen molar-refractivity contribution in [3.63, 3.8) is 0 Å². The lowest BCUT2D eigenvalue weighted by Crippen LogP contribution is -2.43. The maximum Gasteiger partial charge on any atom is 0.346 e. The Hall–Kier alpha value is -2.45. The molecule has 0 fully saturated rings. The third-order valence-electron chi connectivity index (χ3n) is 5.07. The number of carbonyl (C=O) groups is 1. The van der Waals surface area contributed by atoms with E-state index in [1.165, 1.54) is 4.68 Å². The minimum atomic E-state index is -0.173. The van der Waals surface area contributed by atoms with E-state index >= 15 is 0 Å². The van der Waals surface area contributed by atoms with Crippen LogP contribution in [-0.4, -0.2) is 41.1 Å². The molecule has 0 aliphatic carbocycles. The first-order valence-corrected chi connectivity index (χ1v) is 8.96. The van der Waals surface area contributed by atoms with Crippen molar-refractivity contribution >= 4 is 5.91 Å². The number of aromatic nitrogens is 6. The fourth-order valence-corrected chi connectivity index (χ4v) is 3.72. The highest BCUT2D eigenvalue weighted by molar-refractivity contribution is 5.75. The number of nitrogens with one attached hydrogen (secondary N) is 1. The summed E-state index contributed by atoms with van der Waals surface area (Å²) in [7, 11) is 0. The summed E-state index contributed by atoms with van der Waals surface area (Å²) in [6, 6.07) is 0.0332. The van der Waals surface area contributed by atoms with E-state index in [1.54, 1.807) is 4.57 Å². The summed E-state index contributed by atoms with van der Waals surface area (Å²) in [4.78, 5) is 24.8. The lowest BCUT2D eigenvalue weighted by atomic mass is 10.1. The fourth-order valence-electron chi connectivity index (χ4n) is 3.72. The summed E-state index contributed by atoms with van der Waals surface area (Å²) in [6.45, 7) is 3.27. The van der Waals surface area contributed by atoms with Crippen LogP contribution in [0.15, 0.2) is 4.79 Å². The minimum absolute atomic E-state index is 0.0245. The van der Waals surface area contributed by atoms with Gasteiger partial charge < -0.3 is 9.88 Å². The van der Waals surface area contributed by atoms with Gasteiger partial charge in [0, 0.05) is 32.0 Å². The molecule has 2 aromatic heterocycles. The van der Waals surface area contributed by atoms with Crippen LogP contribution in [0, 0.1) is 6.92 Å². The molecular weight excluding hydrogens is 322 g/mol. The Morgan fingerprint density at radius 2 is 2.04 bits per heavy atom. The van der Waals surface area contributed by atoms with Crippen LogP contribution in [0.1, 0.15) is 43.2 Å². The average Bonchev–Trinajstić information content (AvgIpc) is 2.99. The van der Waals surface area contributed by atoms with Crippen molar-refractivity contribution in [2.45, 2.75) is 71.1 Å². The lowest BCUT2D eigenvalue weighted by Gasteiger charge is -2.24. The van der Waals surface area contributed by atoms with Crippen molar-refractivity contribution in [3.8, 4) is 0 Å². The molecule has 4 rings (SSSR count). The smallest absolute Gasteiger partial charge is 0.346 e. The zero-order chi connectivity index (χ0) is 17.4. The molecule has 4 heterocycles. The van der Waals surface area contributed by atoms with Gasteiger partial charge in [-0.25, -0.2) is 9.48 Å². The first kappa shape index (κ1) is 16.0. The predicted octanol–water partition coefficient (Wildman–Crippen LogP) is -0.198. The number of nitrogens with zero attached hydrogens (tertiary/aromatic N) is 6. The standard InChI is InChI=1S/C16H23N7O2/c1-11-18-19-13-7-6-12(9-22(11)13)17-15(24)10-23-16(25)21-8-4-2-3-5-14(21)20-23/h12H,2-10H2,1H3,(H,17,24). The number of aryl methyl sites for hydroxylation is 3. The second-order valence-corrected chi connectivity index (χ2v) is 6.90.